The number of benzene rings is 2. The Morgan fingerprint density at radius 1 is 1.00 bits per heavy atom. The molecule has 2 amide bonds. The monoisotopic (exact) mass is 491 g/mol. The lowest BCUT2D eigenvalue weighted by atomic mass is 10.1. The lowest BCUT2D eigenvalue weighted by molar-refractivity contribution is -0.115. The van der Waals surface area contributed by atoms with Gasteiger partial charge >= 0.3 is 6.09 Å². The van der Waals surface area contributed by atoms with Gasteiger partial charge in [0.05, 0.1) is 11.3 Å². The molecule has 0 saturated carbocycles. The number of fused-ring (bicyclic) bond motifs is 1. The number of sulfonamides is 1. The van der Waals surface area contributed by atoms with Crippen LogP contribution in [0, 0.1) is 0 Å². The molecule has 10 nitrogen and oxygen atoms in total. The van der Waals surface area contributed by atoms with E-state index in [0.29, 0.717) is 30.4 Å². The Kier molecular flexibility index (Phi) is 8.00. The van der Waals surface area contributed by atoms with E-state index in [1.54, 1.807) is 45.0 Å². The third-order valence-electron chi connectivity index (χ3n) is 4.48. The number of alkyl carbamates (subject to hydrolysis) is 1. The number of hydrogen-bond donors (Lipinski definition) is 3. The molecule has 0 spiro atoms. The van der Waals surface area contributed by atoms with Gasteiger partial charge in [0.2, 0.25) is 15.9 Å². The minimum absolute atomic E-state index is 0.0121. The van der Waals surface area contributed by atoms with Crippen LogP contribution in [0.25, 0.3) is 0 Å². The van der Waals surface area contributed by atoms with Crippen molar-refractivity contribution in [1.29, 1.82) is 0 Å². The van der Waals surface area contributed by atoms with Gasteiger partial charge < -0.3 is 24.8 Å². The van der Waals surface area contributed by atoms with Gasteiger partial charge in [-0.25, -0.2) is 17.9 Å². The van der Waals surface area contributed by atoms with Crippen molar-refractivity contribution in [3.8, 4) is 11.5 Å². The van der Waals surface area contributed by atoms with Gasteiger partial charge in [-0.15, -0.1) is 0 Å². The number of nitrogens with one attached hydrogen (secondary N) is 3. The van der Waals surface area contributed by atoms with Gasteiger partial charge in [0.15, 0.2) is 11.5 Å². The fourth-order valence-corrected chi connectivity index (χ4v) is 4.15. The molecule has 2 aromatic carbocycles. The van der Waals surface area contributed by atoms with Gasteiger partial charge in [0.1, 0.15) is 18.8 Å². The molecule has 0 bridgehead atoms. The Morgan fingerprint density at radius 3 is 2.47 bits per heavy atom. The summed E-state index contributed by atoms with van der Waals surface area (Å²) >= 11 is 0. The molecule has 11 heteroatoms. The molecule has 1 aliphatic heterocycles. The van der Waals surface area contributed by atoms with Gasteiger partial charge in [-0.3, -0.25) is 4.79 Å². The second-order valence-corrected chi connectivity index (χ2v) is 10.3. The van der Waals surface area contributed by atoms with Crippen LogP contribution < -0.4 is 24.8 Å². The SMILES string of the molecule is CC(C)(C)OC(=O)NCCNS(=O)(=O)c1cccc(NC(=O)Cc2ccc3c(c2)OCCO3)c1. The van der Waals surface area contributed by atoms with Crippen molar-refractivity contribution in [3.63, 3.8) is 0 Å². The van der Waals surface area contributed by atoms with Gasteiger partial charge in [-0.05, 0) is 56.7 Å². The number of carbonyl (C=O) groups is 2. The molecule has 34 heavy (non-hydrogen) atoms. The first kappa shape index (κ1) is 25.3. The predicted molar refractivity (Wildman–Crippen MR) is 126 cm³/mol. The number of rotatable bonds is 8. The summed E-state index contributed by atoms with van der Waals surface area (Å²) in [5.74, 6) is 0.930. The molecule has 3 N–H and O–H groups in total. The minimum atomic E-state index is -3.84. The molecule has 0 radical (unpaired) electrons. The molecule has 2 aromatic rings. The van der Waals surface area contributed by atoms with Crippen LogP contribution in [0.15, 0.2) is 47.4 Å². The molecule has 0 unspecified atom stereocenters. The van der Waals surface area contributed by atoms with Crippen LogP contribution in [0.3, 0.4) is 0 Å². The highest BCUT2D eigenvalue weighted by atomic mass is 32.2. The molecular weight excluding hydrogens is 462 g/mol. The number of hydrogen-bond acceptors (Lipinski definition) is 7. The Labute approximate surface area is 199 Å². The van der Waals surface area contributed by atoms with Crippen molar-refractivity contribution in [3.05, 3.63) is 48.0 Å². The van der Waals surface area contributed by atoms with E-state index in [0.717, 1.165) is 5.56 Å². The van der Waals surface area contributed by atoms with Gasteiger partial charge in [-0.2, -0.15) is 0 Å². The van der Waals surface area contributed by atoms with Crippen molar-refractivity contribution in [2.75, 3.05) is 31.6 Å². The average Bonchev–Trinajstić information content (AvgIpc) is 2.75. The second kappa shape index (κ2) is 10.7. The maximum absolute atomic E-state index is 12.6. The van der Waals surface area contributed by atoms with E-state index < -0.39 is 21.7 Å². The summed E-state index contributed by atoms with van der Waals surface area (Å²) < 4.78 is 43.7. The zero-order valence-corrected chi connectivity index (χ0v) is 20.2. The topological polar surface area (TPSA) is 132 Å². The van der Waals surface area contributed by atoms with Crippen LogP contribution in [0.5, 0.6) is 11.5 Å². The van der Waals surface area contributed by atoms with E-state index in [2.05, 4.69) is 15.4 Å². The third-order valence-corrected chi connectivity index (χ3v) is 5.94. The Hall–Kier alpha value is -3.31. The number of ether oxygens (including phenoxy) is 3. The highest BCUT2D eigenvalue weighted by Gasteiger charge is 2.18. The van der Waals surface area contributed by atoms with Crippen LogP contribution in [0.2, 0.25) is 0 Å². The fourth-order valence-electron chi connectivity index (χ4n) is 3.08. The van der Waals surface area contributed by atoms with E-state index in [4.69, 9.17) is 14.2 Å². The zero-order chi connectivity index (χ0) is 24.8. The first-order valence-electron chi connectivity index (χ1n) is 10.8. The van der Waals surface area contributed by atoms with E-state index in [1.807, 2.05) is 0 Å². The van der Waals surface area contributed by atoms with Crippen LogP contribution in [-0.2, 0) is 26.0 Å². The second-order valence-electron chi connectivity index (χ2n) is 8.56. The maximum Gasteiger partial charge on any atom is 0.407 e. The zero-order valence-electron chi connectivity index (χ0n) is 19.3. The van der Waals surface area contributed by atoms with Gasteiger partial charge in [-0.1, -0.05) is 12.1 Å². The summed E-state index contributed by atoms with van der Waals surface area (Å²) in [4.78, 5) is 24.1. The molecule has 0 aliphatic carbocycles. The average molecular weight is 492 g/mol. The Morgan fingerprint density at radius 2 is 1.74 bits per heavy atom. The highest BCUT2D eigenvalue weighted by Crippen LogP contribution is 2.31. The van der Waals surface area contributed by atoms with Crippen LogP contribution in [0.1, 0.15) is 26.3 Å². The van der Waals surface area contributed by atoms with E-state index in [1.165, 1.54) is 18.2 Å². The van der Waals surface area contributed by atoms with Crippen molar-refractivity contribution < 1.29 is 32.2 Å². The molecule has 3 rings (SSSR count). The quantitative estimate of drug-likeness (QED) is 0.483. The van der Waals surface area contributed by atoms with E-state index >= 15 is 0 Å². The molecule has 0 fully saturated rings. The summed E-state index contributed by atoms with van der Waals surface area (Å²) in [5, 5.41) is 5.19. The Balaban J connectivity index is 1.53. The lowest BCUT2D eigenvalue weighted by Crippen LogP contribution is -2.37. The summed E-state index contributed by atoms with van der Waals surface area (Å²) in [5.41, 5.74) is 0.443. The summed E-state index contributed by atoms with van der Waals surface area (Å²) in [6.45, 7) is 6.17. The number of amides is 2. The summed E-state index contributed by atoms with van der Waals surface area (Å²) in [6, 6.07) is 11.2. The van der Waals surface area contributed by atoms with Crippen LogP contribution >= 0.6 is 0 Å². The molecule has 1 heterocycles. The largest absolute Gasteiger partial charge is 0.486 e. The van der Waals surface area contributed by atoms with Crippen molar-refractivity contribution in [2.24, 2.45) is 0 Å². The molecular formula is C23H29N3O7S. The van der Waals surface area contributed by atoms with Crippen LogP contribution in [-0.4, -0.2) is 52.3 Å². The van der Waals surface area contributed by atoms with Crippen molar-refractivity contribution in [2.45, 2.75) is 37.7 Å². The van der Waals surface area contributed by atoms with Crippen molar-refractivity contribution in [1.82, 2.24) is 10.0 Å². The lowest BCUT2D eigenvalue weighted by Gasteiger charge is -2.19. The molecule has 0 aromatic heterocycles. The first-order valence-corrected chi connectivity index (χ1v) is 12.3. The normalized spacial score (nSPS) is 13.1. The smallest absolute Gasteiger partial charge is 0.407 e. The molecule has 1 aliphatic rings. The van der Waals surface area contributed by atoms with E-state index in [-0.39, 0.29) is 30.3 Å². The first-order chi connectivity index (χ1) is 16.0. The third kappa shape index (κ3) is 7.63. The summed E-state index contributed by atoms with van der Waals surface area (Å²) in [6.07, 6.45) is -0.545. The van der Waals surface area contributed by atoms with E-state index in [9.17, 15) is 18.0 Å². The predicted octanol–water partition coefficient (Wildman–Crippen LogP) is 2.44. The standard InChI is InChI=1S/C23H29N3O7S/c1-23(2,3)33-22(28)24-9-10-25-34(29,30)18-6-4-5-17(15-18)26-21(27)14-16-7-8-19-20(13-16)32-12-11-31-19/h4-8,13,15,25H,9-12,14H2,1-3H3,(H,24,28)(H,26,27). The van der Waals surface area contributed by atoms with Gasteiger partial charge in [0.25, 0.3) is 0 Å². The Bertz CT molecular complexity index is 1140. The maximum atomic E-state index is 12.6. The van der Waals surface area contributed by atoms with Crippen molar-refractivity contribution >= 4 is 27.7 Å². The number of anilines is 1. The minimum Gasteiger partial charge on any atom is -0.486 e. The van der Waals surface area contributed by atoms with Crippen LogP contribution in [0.4, 0.5) is 10.5 Å². The highest BCUT2D eigenvalue weighted by molar-refractivity contribution is 7.89. The summed E-state index contributed by atoms with van der Waals surface area (Å²) in [7, 11) is -3.84. The molecule has 184 valence electrons. The molecule has 0 atom stereocenters. The fraction of sp³-hybridized carbons (Fsp3) is 0.391. The molecule has 0 saturated heterocycles. The van der Waals surface area contributed by atoms with Gasteiger partial charge in [0, 0.05) is 18.8 Å². The number of carbonyl (C=O) groups excluding carboxylic acids is 2.